The molecule has 0 aliphatic rings. The Kier molecular flexibility index (Phi) is 48.5. The van der Waals surface area contributed by atoms with Crippen molar-refractivity contribution in [3.05, 3.63) is 97.2 Å². The van der Waals surface area contributed by atoms with Gasteiger partial charge in [0.2, 0.25) is 0 Å². The van der Waals surface area contributed by atoms with E-state index < -0.39 is 6.10 Å². The highest BCUT2D eigenvalue weighted by atomic mass is 16.6. The van der Waals surface area contributed by atoms with Crippen molar-refractivity contribution in [2.24, 2.45) is 0 Å². The van der Waals surface area contributed by atoms with Gasteiger partial charge in [0.05, 0.1) is 6.61 Å². The molecule has 5 heteroatoms. The minimum absolute atomic E-state index is 0.0771. The van der Waals surface area contributed by atoms with E-state index in [1.165, 1.54) is 109 Å². The SMILES string of the molecule is CC/C=C\C/C=C\C/C=C\C/C=C\C/C=C\C/C=C\C/C=C\CCCCCCCCCC(=O)OC(CO)COC(=O)CCCCCCCCC/C=C\CCCCCCCCC. The molecule has 61 heavy (non-hydrogen) atoms. The maximum absolute atomic E-state index is 12.3. The number of ether oxygens (including phenoxy) is 2. The molecule has 0 amide bonds. The average molecular weight is 847 g/mol. The molecule has 1 unspecified atom stereocenters. The van der Waals surface area contributed by atoms with Gasteiger partial charge in [-0.3, -0.25) is 9.59 Å². The lowest BCUT2D eigenvalue weighted by Gasteiger charge is -2.15. The Hall–Kier alpha value is -3.18. The van der Waals surface area contributed by atoms with Crippen LogP contribution in [0.2, 0.25) is 0 Å². The van der Waals surface area contributed by atoms with E-state index >= 15 is 0 Å². The molecule has 0 fully saturated rings. The number of hydrogen-bond donors (Lipinski definition) is 1. The van der Waals surface area contributed by atoms with E-state index in [2.05, 4.69) is 111 Å². The molecule has 0 aromatic rings. The molecular formula is C56H94O5. The lowest BCUT2D eigenvalue weighted by molar-refractivity contribution is -0.161. The van der Waals surface area contributed by atoms with Crippen LogP contribution in [0.15, 0.2) is 97.2 Å². The number of aliphatic hydroxyl groups excluding tert-OH is 1. The molecule has 0 spiro atoms. The summed E-state index contributed by atoms with van der Waals surface area (Å²) < 4.78 is 10.7. The van der Waals surface area contributed by atoms with E-state index in [-0.39, 0.29) is 25.2 Å². The topological polar surface area (TPSA) is 72.8 Å². The van der Waals surface area contributed by atoms with Crippen LogP contribution >= 0.6 is 0 Å². The molecule has 0 saturated heterocycles. The number of carbonyl (C=O) groups is 2. The summed E-state index contributed by atoms with van der Waals surface area (Å²) in [4.78, 5) is 24.4. The normalized spacial score (nSPS) is 13.0. The van der Waals surface area contributed by atoms with Gasteiger partial charge in [-0.25, -0.2) is 0 Å². The zero-order valence-corrected chi connectivity index (χ0v) is 39.6. The number of carbonyl (C=O) groups excluding carboxylic acids is 2. The van der Waals surface area contributed by atoms with E-state index in [0.717, 1.165) is 89.9 Å². The van der Waals surface area contributed by atoms with Crippen LogP contribution in [-0.4, -0.2) is 36.4 Å². The molecule has 5 nitrogen and oxygen atoms in total. The van der Waals surface area contributed by atoms with Crippen LogP contribution in [0.5, 0.6) is 0 Å². The predicted molar refractivity (Wildman–Crippen MR) is 265 cm³/mol. The number of esters is 2. The van der Waals surface area contributed by atoms with Crippen LogP contribution < -0.4 is 0 Å². The second kappa shape index (κ2) is 51.2. The molecule has 0 aliphatic carbocycles. The molecule has 0 aromatic heterocycles. The van der Waals surface area contributed by atoms with Crippen LogP contribution in [0.3, 0.4) is 0 Å². The zero-order chi connectivity index (χ0) is 44.2. The van der Waals surface area contributed by atoms with Gasteiger partial charge in [-0.2, -0.15) is 0 Å². The third-order valence-electron chi connectivity index (χ3n) is 10.6. The highest BCUT2D eigenvalue weighted by Gasteiger charge is 2.16. The highest BCUT2D eigenvalue weighted by Crippen LogP contribution is 2.14. The van der Waals surface area contributed by atoms with Crippen molar-refractivity contribution in [2.45, 2.75) is 232 Å². The fourth-order valence-corrected chi connectivity index (χ4v) is 6.82. The zero-order valence-electron chi connectivity index (χ0n) is 39.6. The molecule has 0 aliphatic heterocycles. The van der Waals surface area contributed by atoms with Crippen LogP contribution in [0.25, 0.3) is 0 Å². The van der Waals surface area contributed by atoms with Gasteiger partial charge >= 0.3 is 11.9 Å². The number of aliphatic hydroxyl groups is 1. The van der Waals surface area contributed by atoms with Crippen LogP contribution in [-0.2, 0) is 19.1 Å². The summed E-state index contributed by atoms with van der Waals surface area (Å²) >= 11 is 0. The number of hydrogen-bond acceptors (Lipinski definition) is 5. The van der Waals surface area contributed by atoms with E-state index in [0.29, 0.717) is 12.8 Å². The van der Waals surface area contributed by atoms with E-state index in [1.54, 1.807) is 0 Å². The Labute approximate surface area is 377 Å². The quantitative estimate of drug-likeness (QED) is 0.0375. The summed E-state index contributed by atoms with van der Waals surface area (Å²) in [5.74, 6) is -0.611. The fraction of sp³-hybridized carbons (Fsp3) is 0.679. The second-order valence-electron chi connectivity index (χ2n) is 16.5. The summed E-state index contributed by atoms with van der Waals surface area (Å²) in [6, 6.07) is 0. The maximum atomic E-state index is 12.3. The van der Waals surface area contributed by atoms with Gasteiger partial charge < -0.3 is 14.6 Å². The molecule has 0 radical (unpaired) electrons. The third-order valence-corrected chi connectivity index (χ3v) is 10.6. The molecule has 0 saturated carbocycles. The van der Waals surface area contributed by atoms with Gasteiger partial charge in [0.25, 0.3) is 0 Å². The monoisotopic (exact) mass is 847 g/mol. The maximum Gasteiger partial charge on any atom is 0.306 e. The molecule has 0 bridgehead atoms. The predicted octanol–water partition coefficient (Wildman–Crippen LogP) is 16.8. The summed E-state index contributed by atoms with van der Waals surface area (Å²) in [6.45, 7) is 4.01. The number of unbranched alkanes of at least 4 members (excludes halogenated alkanes) is 21. The first-order valence-electron chi connectivity index (χ1n) is 25.3. The van der Waals surface area contributed by atoms with Gasteiger partial charge in [-0.05, 0) is 96.3 Å². The fourth-order valence-electron chi connectivity index (χ4n) is 6.82. The Bertz CT molecular complexity index is 1190. The first kappa shape index (κ1) is 57.8. The van der Waals surface area contributed by atoms with Crippen LogP contribution in [0, 0.1) is 0 Å². The van der Waals surface area contributed by atoms with Gasteiger partial charge in [-0.15, -0.1) is 0 Å². The summed E-state index contributed by atoms with van der Waals surface area (Å²) in [5.41, 5.74) is 0. The van der Waals surface area contributed by atoms with Crippen molar-refractivity contribution in [1.29, 1.82) is 0 Å². The number of rotatable bonds is 45. The Balaban J connectivity index is 3.60. The van der Waals surface area contributed by atoms with Crippen LogP contribution in [0.4, 0.5) is 0 Å². The summed E-state index contributed by atoms with van der Waals surface area (Å²) in [6.07, 6.45) is 72.0. The molecule has 0 rings (SSSR count). The van der Waals surface area contributed by atoms with Gasteiger partial charge in [0.15, 0.2) is 6.10 Å². The van der Waals surface area contributed by atoms with E-state index in [9.17, 15) is 14.7 Å². The Morgan fingerprint density at radius 3 is 1.08 bits per heavy atom. The summed E-state index contributed by atoms with van der Waals surface area (Å²) in [7, 11) is 0. The van der Waals surface area contributed by atoms with Gasteiger partial charge in [-0.1, -0.05) is 214 Å². The first-order chi connectivity index (χ1) is 30.1. The summed E-state index contributed by atoms with van der Waals surface area (Å²) in [5, 5.41) is 9.62. The largest absolute Gasteiger partial charge is 0.462 e. The third kappa shape index (κ3) is 49.4. The van der Waals surface area contributed by atoms with Crippen molar-refractivity contribution in [1.82, 2.24) is 0 Å². The van der Waals surface area contributed by atoms with Crippen LogP contribution in [0.1, 0.15) is 226 Å². The van der Waals surface area contributed by atoms with E-state index in [1.807, 2.05) is 0 Å². The van der Waals surface area contributed by atoms with Crippen molar-refractivity contribution < 1.29 is 24.2 Å². The van der Waals surface area contributed by atoms with Crippen molar-refractivity contribution >= 4 is 11.9 Å². The molecule has 348 valence electrons. The van der Waals surface area contributed by atoms with Gasteiger partial charge in [0.1, 0.15) is 6.61 Å². The average Bonchev–Trinajstić information content (AvgIpc) is 3.26. The second-order valence-corrected chi connectivity index (χ2v) is 16.5. The lowest BCUT2D eigenvalue weighted by Crippen LogP contribution is -2.28. The number of allylic oxidation sites excluding steroid dienone is 16. The minimum atomic E-state index is -0.786. The molecule has 0 heterocycles. The van der Waals surface area contributed by atoms with Crippen molar-refractivity contribution in [3.8, 4) is 0 Å². The molecule has 0 aromatic carbocycles. The Morgan fingerprint density at radius 2 is 0.705 bits per heavy atom. The van der Waals surface area contributed by atoms with Crippen molar-refractivity contribution in [3.63, 3.8) is 0 Å². The lowest BCUT2D eigenvalue weighted by atomic mass is 10.1. The Morgan fingerprint density at radius 1 is 0.393 bits per heavy atom. The first-order valence-corrected chi connectivity index (χ1v) is 25.3. The highest BCUT2D eigenvalue weighted by molar-refractivity contribution is 5.70. The molecule has 1 atom stereocenters. The minimum Gasteiger partial charge on any atom is -0.462 e. The van der Waals surface area contributed by atoms with Gasteiger partial charge in [0, 0.05) is 12.8 Å². The molecular weight excluding hydrogens is 753 g/mol. The standard InChI is InChI=1S/C56H94O5/c1-3-5-7-9-11-13-15-17-19-21-23-24-25-26-27-28-29-30-31-32-33-35-37-39-41-43-45-47-49-51-56(59)61-54(52-57)53-60-55(58)50-48-46-44-42-40-38-36-34-22-20-18-16-14-12-10-8-6-4-2/h5,7,11,13,17,19-20,22-24,26-27,29-30,32-33,54,57H,3-4,6,8-10,12,14-16,18,21,25,28,31,34-53H2,1-2H3/b7-5-,13-11-,19-17-,22-20-,24-23-,27-26-,30-29-,33-32-. The van der Waals surface area contributed by atoms with Crippen molar-refractivity contribution in [2.75, 3.05) is 13.2 Å². The van der Waals surface area contributed by atoms with E-state index in [4.69, 9.17) is 9.47 Å². The molecule has 1 N–H and O–H groups in total. The smallest absolute Gasteiger partial charge is 0.306 e.